The van der Waals surface area contributed by atoms with Crippen LogP contribution in [0.25, 0.3) is 0 Å². The molecule has 4 heteroatoms. The summed E-state index contributed by atoms with van der Waals surface area (Å²) in [5.74, 6) is -0.250. The molecule has 0 aliphatic carbocycles. The van der Waals surface area contributed by atoms with Gasteiger partial charge in [-0.3, -0.25) is 0 Å². The summed E-state index contributed by atoms with van der Waals surface area (Å²) in [5, 5.41) is 9.67. The molecule has 0 saturated heterocycles. The first-order valence-electron chi connectivity index (χ1n) is 6.97. The van der Waals surface area contributed by atoms with Gasteiger partial charge in [0.2, 0.25) is 0 Å². The number of nitrogens with zero attached hydrogens (tertiary/aromatic N) is 1. The van der Waals surface area contributed by atoms with Crippen LogP contribution in [0.5, 0.6) is 0 Å². The number of hydrogen-bond donors (Lipinski definition) is 2. The molecule has 0 fully saturated rings. The van der Waals surface area contributed by atoms with Crippen LogP contribution in [0.1, 0.15) is 12.0 Å². The maximum Gasteiger partial charge on any atom is 0.123 e. The van der Waals surface area contributed by atoms with Crippen LogP contribution in [0.3, 0.4) is 0 Å². The van der Waals surface area contributed by atoms with E-state index >= 15 is 0 Å². The highest BCUT2D eigenvalue weighted by molar-refractivity contribution is 5.45. The van der Waals surface area contributed by atoms with E-state index in [1.807, 2.05) is 42.3 Å². The van der Waals surface area contributed by atoms with Crippen LogP contribution in [0.4, 0.5) is 10.1 Å². The van der Waals surface area contributed by atoms with E-state index in [-0.39, 0.29) is 12.4 Å². The summed E-state index contributed by atoms with van der Waals surface area (Å²) in [6, 6.07) is 15.9. The molecule has 3 nitrogen and oxygen atoms in total. The Morgan fingerprint density at radius 1 is 1.10 bits per heavy atom. The number of aliphatic hydroxyl groups is 1. The van der Waals surface area contributed by atoms with Crippen molar-refractivity contribution in [1.29, 1.82) is 0 Å². The van der Waals surface area contributed by atoms with Gasteiger partial charge in [0.05, 0.1) is 12.1 Å². The third kappa shape index (κ3) is 3.80. The molecule has 1 unspecified atom stereocenters. The average molecular weight is 288 g/mol. The second-order valence-electron chi connectivity index (χ2n) is 5.33. The second kappa shape index (κ2) is 6.70. The maximum absolute atomic E-state index is 12.9. The first kappa shape index (κ1) is 15.5. The van der Waals surface area contributed by atoms with Crippen LogP contribution in [0.2, 0.25) is 0 Å². The van der Waals surface area contributed by atoms with Crippen molar-refractivity contribution in [2.75, 3.05) is 25.1 Å². The third-order valence-corrected chi connectivity index (χ3v) is 3.79. The van der Waals surface area contributed by atoms with Crippen LogP contribution >= 0.6 is 0 Å². The standard InChI is InChI=1S/C17H21FN2O/c1-20(16-9-7-15(18)8-10-16)12-11-17(19,13-21)14-5-3-2-4-6-14/h2-10,21H,11-13,19H2,1H3. The zero-order chi connectivity index (χ0) is 15.3. The highest BCUT2D eigenvalue weighted by Crippen LogP contribution is 2.23. The van der Waals surface area contributed by atoms with Crippen LogP contribution in [0, 0.1) is 5.82 Å². The van der Waals surface area contributed by atoms with Gasteiger partial charge in [-0.2, -0.15) is 0 Å². The maximum atomic E-state index is 12.9. The van der Waals surface area contributed by atoms with Crippen LogP contribution in [-0.2, 0) is 5.54 Å². The predicted octanol–water partition coefficient (Wildman–Crippen LogP) is 2.50. The highest BCUT2D eigenvalue weighted by atomic mass is 19.1. The number of nitrogens with two attached hydrogens (primary N) is 1. The van der Waals surface area contributed by atoms with Crippen LogP contribution in [-0.4, -0.2) is 25.3 Å². The molecule has 21 heavy (non-hydrogen) atoms. The van der Waals surface area contributed by atoms with Gasteiger partial charge >= 0.3 is 0 Å². The fraction of sp³-hybridized carbons (Fsp3) is 0.294. The molecule has 0 bridgehead atoms. The normalized spacial score (nSPS) is 13.7. The Kier molecular flexibility index (Phi) is 4.94. The molecular formula is C17H21FN2O. The van der Waals surface area contributed by atoms with Crippen molar-refractivity contribution in [2.45, 2.75) is 12.0 Å². The van der Waals surface area contributed by atoms with E-state index in [1.165, 1.54) is 12.1 Å². The molecule has 0 aromatic heterocycles. The molecule has 0 heterocycles. The van der Waals surface area contributed by atoms with E-state index in [9.17, 15) is 9.50 Å². The number of halogens is 1. The molecule has 3 N–H and O–H groups in total. The van der Waals surface area contributed by atoms with Gasteiger partial charge < -0.3 is 15.7 Å². The molecule has 0 aliphatic rings. The summed E-state index contributed by atoms with van der Waals surface area (Å²) in [6.45, 7) is 0.547. The van der Waals surface area contributed by atoms with Gasteiger partial charge in [-0.25, -0.2) is 4.39 Å². The summed E-state index contributed by atoms with van der Waals surface area (Å²) in [7, 11) is 1.93. The largest absolute Gasteiger partial charge is 0.394 e. The minimum atomic E-state index is -0.768. The zero-order valence-corrected chi connectivity index (χ0v) is 12.2. The number of benzene rings is 2. The summed E-state index contributed by atoms with van der Waals surface area (Å²) in [4.78, 5) is 2.00. The van der Waals surface area contributed by atoms with E-state index in [0.29, 0.717) is 13.0 Å². The van der Waals surface area contributed by atoms with E-state index < -0.39 is 5.54 Å². The monoisotopic (exact) mass is 288 g/mol. The average Bonchev–Trinajstić information content (AvgIpc) is 2.54. The molecule has 0 saturated carbocycles. The van der Waals surface area contributed by atoms with Crippen molar-refractivity contribution in [3.05, 3.63) is 66.0 Å². The minimum Gasteiger partial charge on any atom is -0.394 e. The van der Waals surface area contributed by atoms with Crippen molar-refractivity contribution < 1.29 is 9.50 Å². The van der Waals surface area contributed by atoms with E-state index in [4.69, 9.17) is 5.73 Å². The Bertz CT molecular complexity index is 559. The lowest BCUT2D eigenvalue weighted by Gasteiger charge is -2.30. The Morgan fingerprint density at radius 2 is 1.71 bits per heavy atom. The third-order valence-electron chi connectivity index (χ3n) is 3.79. The molecular weight excluding hydrogens is 267 g/mol. The number of rotatable bonds is 6. The van der Waals surface area contributed by atoms with Crippen molar-refractivity contribution in [3.63, 3.8) is 0 Å². The summed E-state index contributed by atoms with van der Waals surface area (Å²) >= 11 is 0. The topological polar surface area (TPSA) is 49.5 Å². The Balaban J connectivity index is 2.04. The molecule has 0 radical (unpaired) electrons. The zero-order valence-electron chi connectivity index (χ0n) is 12.2. The van der Waals surface area contributed by atoms with Crippen molar-refractivity contribution in [1.82, 2.24) is 0 Å². The molecule has 2 aromatic rings. The second-order valence-corrected chi connectivity index (χ2v) is 5.33. The Labute approximate surface area is 124 Å². The fourth-order valence-corrected chi connectivity index (χ4v) is 2.28. The number of aliphatic hydroxyl groups excluding tert-OH is 1. The SMILES string of the molecule is CN(CCC(N)(CO)c1ccccc1)c1ccc(F)cc1. The van der Waals surface area contributed by atoms with Gasteiger partial charge in [-0.05, 0) is 36.2 Å². The lowest BCUT2D eigenvalue weighted by Crippen LogP contribution is -2.43. The summed E-state index contributed by atoms with van der Waals surface area (Å²) < 4.78 is 12.9. The van der Waals surface area contributed by atoms with Gasteiger partial charge in [0.1, 0.15) is 5.82 Å². The number of anilines is 1. The van der Waals surface area contributed by atoms with Crippen molar-refractivity contribution >= 4 is 5.69 Å². The van der Waals surface area contributed by atoms with Crippen molar-refractivity contribution in [2.24, 2.45) is 5.73 Å². The molecule has 2 aromatic carbocycles. The lowest BCUT2D eigenvalue weighted by molar-refractivity contribution is 0.189. The highest BCUT2D eigenvalue weighted by Gasteiger charge is 2.26. The van der Waals surface area contributed by atoms with Gasteiger partial charge in [0.25, 0.3) is 0 Å². The Morgan fingerprint density at radius 3 is 2.29 bits per heavy atom. The first-order chi connectivity index (χ1) is 10.0. The quantitative estimate of drug-likeness (QED) is 0.858. The molecule has 0 amide bonds. The fourth-order valence-electron chi connectivity index (χ4n) is 2.28. The van der Waals surface area contributed by atoms with Crippen LogP contribution < -0.4 is 10.6 Å². The summed E-state index contributed by atoms with van der Waals surface area (Å²) in [5.41, 5.74) is 7.40. The molecule has 112 valence electrons. The minimum absolute atomic E-state index is 0.117. The van der Waals surface area contributed by atoms with E-state index in [0.717, 1.165) is 11.3 Å². The Hall–Kier alpha value is -1.91. The smallest absolute Gasteiger partial charge is 0.123 e. The van der Waals surface area contributed by atoms with Crippen molar-refractivity contribution in [3.8, 4) is 0 Å². The van der Waals surface area contributed by atoms with E-state index in [2.05, 4.69) is 0 Å². The number of hydrogen-bond acceptors (Lipinski definition) is 3. The first-order valence-corrected chi connectivity index (χ1v) is 6.97. The van der Waals surface area contributed by atoms with Gasteiger partial charge in [0.15, 0.2) is 0 Å². The molecule has 1 atom stereocenters. The van der Waals surface area contributed by atoms with Gasteiger partial charge in [0, 0.05) is 19.3 Å². The van der Waals surface area contributed by atoms with Crippen LogP contribution in [0.15, 0.2) is 54.6 Å². The predicted molar refractivity (Wildman–Crippen MR) is 83.7 cm³/mol. The summed E-state index contributed by atoms with van der Waals surface area (Å²) in [6.07, 6.45) is 0.599. The van der Waals surface area contributed by atoms with Gasteiger partial charge in [-0.15, -0.1) is 0 Å². The lowest BCUT2D eigenvalue weighted by atomic mass is 9.88. The molecule has 0 spiro atoms. The van der Waals surface area contributed by atoms with Gasteiger partial charge in [-0.1, -0.05) is 30.3 Å². The molecule has 2 rings (SSSR count). The van der Waals surface area contributed by atoms with E-state index in [1.54, 1.807) is 12.1 Å². The molecule has 0 aliphatic heterocycles.